The molecular formula is C22H16ClN3O2. The van der Waals surface area contributed by atoms with Crippen molar-refractivity contribution >= 4 is 28.6 Å². The number of hydrogen-bond donors (Lipinski definition) is 1. The van der Waals surface area contributed by atoms with Crippen LogP contribution < -0.4 is 5.56 Å². The third kappa shape index (κ3) is 3.40. The maximum absolute atomic E-state index is 13.0. The molecule has 0 fully saturated rings. The lowest BCUT2D eigenvalue weighted by Gasteiger charge is -2.14. The molecule has 0 unspecified atom stereocenters. The zero-order valence-electron chi connectivity index (χ0n) is 14.8. The molecule has 2 heterocycles. The average molecular weight is 390 g/mol. The Balaban J connectivity index is 1.89. The molecule has 2 aromatic carbocycles. The molecule has 0 saturated carbocycles. The second-order valence-corrected chi connectivity index (χ2v) is 6.63. The first-order valence-electron chi connectivity index (χ1n) is 8.67. The Kier molecular flexibility index (Phi) is 4.91. The standard InChI is InChI=1S/C22H16ClN3O2/c23-15-6-5-8-17(12-15)26-21(27)19-10-2-1-9-18(19)20(22(26)28)14-24-13-16-7-3-4-11-25-16/h1-12,14,28H,13H2. The van der Waals surface area contributed by atoms with E-state index in [0.717, 1.165) is 5.69 Å². The number of aromatic hydroxyl groups is 1. The highest BCUT2D eigenvalue weighted by Crippen LogP contribution is 2.26. The molecule has 0 saturated heterocycles. The predicted octanol–water partition coefficient (Wildman–Crippen LogP) is 4.36. The number of fused-ring (bicyclic) bond motifs is 1. The second-order valence-electron chi connectivity index (χ2n) is 6.19. The molecule has 28 heavy (non-hydrogen) atoms. The molecule has 6 heteroatoms. The van der Waals surface area contributed by atoms with Crippen LogP contribution in [0.25, 0.3) is 16.5 Å². The van der Waals surface area contributed by atoms with Crippen molar-refractivity contribution in [2.45, 2.75) is 6.54 Å². The third-order valence-corrected chi connectivity index (χ3v) is 4.60. The third-order valence-electron chi connectivity index (χ3n) is 4.37. The molecule has 0 bridgehead atoms. The molecule has 0 aliphatic carbocycles. The monoisotopic (exact) mass is 389 g/mol. The number of aliphatic imine (C=N–C) groups is 1. The van der Waals surface area contributed by atoms with Crippen molar-refractivity contribution in [2.75, 3.05) is 0 Å². The molecule has 0 amide bonds. The van der Waals surface area contributed by atoms with Gasteiger partial charge in [0.15, 0.2) is 0 Å². The van der Waals surface area contributed by atoms with Crippen molar-refractivity contribution in [3.8, 4) is 11.6 Å². The van der Waals surface area contributed by atoms with Crippen molar-refractivity contribution in [3.05, 3.63) is 99.6 Å². The molecule has 2 aromatic heterocycles. The molecule has 1 N–H and O–H groups in total. The van der Waals surface area contributed by atoms with Crippen LogP contribution in [0.4, 0.5) is 0 Å². The van der Waals surface area contributed by atoms with E-state index < -0.39 is 0 Å². The lowest BCUT2D eigenvalue weighted by Crippen LogP contribution is -2.20. The van der Waals surface area contributed by atoms with Gasteiger partial charge in [-0.05, 0) is 36.4 Å². The first kappa shape index (κ1) is 17.9. The fourth-order valence-electron chi connectivity index (χ4n) is 3.07. The molecule has 0 spiro atoms. The molecule has 0 aliphatic rings. The summed E-state index contributed by atoms with van der Waals surface area (Å²) < 4.78 is 1.25. The van der Waals surface area contributed by atoms with Crippen LogP contribution in [0.2, 0.25) is 5.02 Å². The molecule has 4 rings (SSSR count). The summed E-state index contributed by atoms with van der Waals surface area (Å²) >= 11 is 6.08. The molecule has 5 nitrogen and oxygen atoms in total. The van der Waals surface area contributed by atoms with Gasteiger partial charge in [-0.3, -0.25) is 14.8 Å². The van der Waals surface area contributed by atoms with Crippen LogP contribution in [0, 0.1) is 0 Å². The van der Waals surface area contributed by atoms with Crippen LogP contribution in [0.3, 0.4) is 0 Å². The molecular weight excluding hydrogens is 374 g/mol. The molecule has 138 valence electrons. The Morgan fingerprint density at radius 2 is 1.82 bits per heavy atom. The predicted molar refractivity (Wildman–Crippen MR) is 112 cm³/mol. The van der Waals surface area contributed by atoms with Crippen molar-refractivity contribution in [3.63, 3.8) is 0 Å². The zero-order chi connectivity index (χ0) is 19.5. The van der Waals surface area contributed by atoms with E-state index in [1.807, 2.05) is 24.3 Å². The normalized spacial score (nSPS) is 11.3. The van der Waals surface area contributed by atoms with Gasteiger partial charge in [-0.15, -0.1) is 0 Å². The van der Waals surface area contributed by atoms with Crippen LogP contribution in [0.1, 0.15) is 11.3 Å². The van der Waals surface area contributed by atoms with E-state index in [1.165, 1.54) is 4.57 Å². The first-order valence-corrected chi connectivity index (χ1v) is 9.05. The zero-order valence-corrected chi connectivity index (χ0v) is 15.5. The van der Waals surface area contributed by atoms with E-state index in [2.05, 4.69) is 9.98 Å². The summed E-state index contributed by atoms with van der Waals surface area (Å²) in [5, 5.41) is 12.5. The number of nitrogens with zero attached hydrogens (tertiary/aromatic N) is 3. The summed E-state index contributed by atoms with van der Waals surface area (Å²) in [6.45, 7) is 0.366. The highest BCUT2D eigenvalue weighted by molar-refractivity contribution is 6.30. The van der Waals surface area contributed by atoms with Crippen LogP contribution >= 0.6 is 11.6 Å². The lowest BCUT2D eigenvalue weighted by molar-refractivity contribution is 0.436. The van der Waals surface area contributed by atoms with Crippen LogP contribution in [0.5, 0.6) is 5.88 Å². The minimum Gasteiger partial charge on any atom is -0.494 e. The fourth-order valence-corrected chi connectivity index (χ4v) is 3.25. The highest BCUT2D eigenvalue weighted by Gasteiger charge is 2.16. The summed E-state index contributed by atoms with van der Waals surface area (Å²) in [5.41, 5.74) is 1.44. The average Bonchev–Trinajstić information content (AvgIpc) is 2.71. The van der Waals surface area contributed by atoms with Crippen LogP contribution in [0.15, 0.2) is 82.7 Å². The summed E-state index contributed by atoms with van der Waals surface area (Å²) in [4.78, 5) is 21.7. The molecule has 0 radical (unpaired) electrons. The van der Waals surface area contributed by atoms with E-state index in [9.17, 15) is 9.90 Å². The van der Waals surface area contributed by atoms with E-state index in [0.29, 0.717) is 33.6 Å². The minimum absolute atomic E-state index is 0.185. The quantitative estimate of drug-likeness (QED) is 0.527. The molecule has 4 aromatic rings. The maximum Gasteiger partial charge on any atom is 0.265 e. The lowest BCUT2D eigenvalue weighted by atomic mass is 10.1. The van der Waals surface area contributed by atoms with E-state index in [4.69, 9.17) is 11.6 Å². The summed E-state index contributed by atoms with van der Waals surface area (Å²) in [5.74, 6) is -0.185. The first-order chi connectivity index (χ1) is 13.6. The van der Waals surface area contributed by atoms with Crippen LogP contribution in [-0.4, -0.2) is 20.9 Å². The summed E-state index contributed by atoms with van der Waals surface area (Å²) in [7, 11) is 0. The number of pyridine rings is 2. The maximum atomic E-state index is 13.0. The van der Waals surface area contributed by atoms with Gasteiger partial charge in [0, 0.05) is 28.2 Å². The van der Waals surface area contributed by atoms with Gasteiger partial charge >= 0.3 is 0 Å². The van der Waals surface area contributed by atoms with Gasteiger partial charge in [-0.1, -0.05) is 41.9 Å². The molecule has 0 aliphatic heterocycles. The van der Waals surface area contributed by atoms with Gasteiger partial charge in [0.2, 0.25) is 5.88 Å². The van der Waals surface area contributed by atoms with Gasteiger partial charge in [-0.2, -0.15) is 0 Å². The Bertz CT molecular complexity index is 1230. The number of rotatable bonds is 4. The smallest absolute Gasteiger partial charge is 0.265 e. The van der Waals surface area contributed by atoms with Gasteiger partial charge in [-0.25, -0.2) is 4.57 Å². The Morgan fingerprint density at radius 3 is 2.57 bits per heavy atom. The van der Waals surface area contributed by atoms with Crippen LogP contribution in [-0.2, 0) is 6.54 Å². The van der Waals surface area contributed by atoms with Gasteiger partial charge in [0.05, 0.1) is 23.5 Å². The van der Waals surface area contributed by atoms with Crippen molar-refractivity contribution < 1.29 is 5.11 Å². The van der Waals surface area contributed by atoms with E-state index in [1.54, 1.807) is 54.9 Å². The van der Waals surface area contributed by atoms with Gasteiger partial charge < -0.3 is 5.11 Å². The summed E-state index contributed by atoms with van der Waals surface area (Å²) in [6, 6.07) is 19.5. The van der Waals surface area contributed by atoms with E-state index in [-0.39, 0.29) is 11.4 Å². The topological polar surface area (TPSA) is 67.5 Å². The van der Waals surface area contributed by atoms with Crippen molar-refractivity contribution in [1.82, 2.24) is 9.55 Å². The van der Waals surface area contributed by atoms with Crippen molar-refractivity contribution in [2.24, 2.45) is 4.99 Å². The second kappa shape index (κ2) is 7.66. The SMILES string of the molecule is O=c1c2ccccc2c(C=NCc2ccccn2)c(O)n1-c1cccc(Cl)c1. The Labute approximate surface area is 166 Å². The largest absolute Gasteiger partial charge is 0.494 e. The minimum atomic E-state index is -0.322. The number of halogens is 1. The van der Waals surface area contributed by atoms with E-state index >= 15 is 0 Å². The Morgan fingerprint density at radius 1 is 1.04 bits per heavy atom. The number of aromatic nitrogens is 2. The highest BCUT2D eigenvalue weighted by atomic mass is 35.5. The van der Waals surface area contributed by atoms with Crippen molar-refractivity contribution in [1.29, 1.82) is 0 Å². The number of hydrogen-bond acceptors (Lipinski definition) is 4. The molecule has 0 atom stereocenters. The Hall–Kier alpha value is -3.44. The van der Waals surface area contributed by atoms with Gasteiger partial charge in [0.25, 0.3) is 5.56 Å². The summed E-state index contributed by atoms with van der Waals surface area (Å²) in [6.07, 6.45) is 3.28. The van der Waals surface area contributed by atoms with Gasteiger partial charge in [0.1, 0.15) is 0 Å². The number of benzene rings is 2. The fraction of sp³-hybridized carbons (Fsp3) is 0.0455.